The molecule has 0 aliphatic carbocycles. The Balaban J connectivity index is 2.10. The van der Waals surface area contributed by atoms with Gasteiger partial charge < -0.3 is 9.73 Å². The number of furan rings is 1. The summed E-state index contributed by atoms with van der Waals surface area (Å²) in [5.41, 5.74) is 1.51. The van der Waals surface area contributed by atoms with E-state index in [1.165, 1.54) is 12.1 Å². The van der Waals surface area contributed by atoms with E-state index in [0.29, 0.717) is 16.4 Å². The molecule has 1 atom stereocenters. The number of benzene rings is 1. The highest BCUT2D eigenvalue weighted by Crippen LogP contribution is 2.31. The molecule has 2 aromatic heterocycles. The molecule has 3 aromatic rings. The molecule has 1 aromatic carbocycles. The molecule has 0 aliphatic rings. The van der Waals surface area contributed by atoms with E-state index in [-0.39, 0.29) is 11.9 Å². The van der Waals surface area contributed by atoms with Gasteiger partial charge in [-0.15, -0.1) is 0 Å². The van der Waals surface area contributed by atoms with Gasteiger partial charge in [-0.3, -0.25) is 4.98 Å². The summed E-state index contributed by atoms with van der Waals surface area (Å²) in [4.78, 5) is 3.97. The predicted octanol–water partition coefficient (Wildman–Crippen LogP) is 3.93. The summed E-state index contributed by atoms with van der Waals surface area (Å²) < 4.78 is 19.0. The maximum absolute atomic E-state index is 13.2. The molecule has 1 unspecified atom stereocenters. The smallest absolute Gasteiger partial charge is 0.134 e. The van der Waals surface area contributed by atoms with Crippen molar-refractivity contribution in [2.24, 2.45) is 0 Å². The van der Waals surface area contributed by atoms with Gasteiger partial charge in [0, 0.05) is 17.8 Å². The third-order valence-corrected chi connectivity index (χ3v) is 3.50. The van der Waals surface area contributed by atoms with Crippen LogP contribution in [0.5, 0.6) is 0 Å². The van der Waals surface area contributed by atoms with Crippen LogP contribution in [0.2, 0.25) is 5.02 Å². The predicted molar refractivity (Wildman–Crippen MR) is 76.3 cm³/mol. The lowest BCUT2D eigenvalue weighted by molar-refractivity contribution is 0.491. The van der Waals surface area contributed by atoms with Crippen LogP contribution in [-0.4, -0.2) is 12.0 Å². The molecule has 3 rings (SSSR count). The molecular weight excluding hydrogens is 279 g/mol. The zero-order valence-electron chi connectivity index (χ0n) is 10.7. The van der Waals surface area contributed by atoms with Crippen molar-refractivity contribution in [3.63, 3.8) is 0 Å². The average molecular weight is 291 g/mol. The van der Waals surface area contributed by atoms with Crippen molar-refractivity contribution in [3.8, 4) is 0 Å². The van der Waals surface area contributed by atoms with Gasteiger partial charge in [0.25, 0.3) is 0 Å². The first-order valence-electron chi connectivity index (χ1n) is 6.14. The van der Waals surface area contributed by atoms with Crippen LogP contribution in [0.15, 0.2) is 47.1 Å². The van der Waals surface area contributed by atoms with Gasteiger partial charge in [0.2, 0.25) is 0 Å². The summed E-state index contributed by atoms with van der Waals surface area (Å²) >= 11 is 6.17. The average Bonchev–Trinajstić information content (AvgIpc) is 2.84. The van der Waals surface area contributed by atoms with Crippen molar-refractivity contribution in [1.29, 1.82) is 0 Å². The Labute approximate surface area is 120 Å². The lowest BCUT2D eigenvalue weighted by atomic mass is 10.1. The largest absolute Gasteiger partial charge is 0.459 e. The fourth-order valence-electron chi connectivity index (χ4n) is 2.25. The third kappa shape index (κ3) is 2.28. The van der Waals surface area contributed by atoms with Crippen molar-refractivity contribution in [1.82, 2.24) is 10.3 Å². The SMILES string of the molecule is CNC(c1cc2cc(F)ccc2o1)c1ccncc1Cl. The van der Waals surface area contributed by atoms with Crippen molar-refractivity contribution < 1.29 is 8.81 Å². The Morgan fingerprint density at radius 1 is 1.30 bits per heavy atom. The summed E-state index contributed by atoms with van der Waals surface area (Å²) in [7, 11) is 1.81. The Hall–Kier alpha value is -1.91. The van der Waals surface area contributed by atoms with Crippen molar-refractivity contribution in [2.75, 3.05) is 7.05 Å². The van der Waals surface area contributed by atoms with Gasteiger partial charge in [-0.1, -0.05) is 11.6 Å². The molecular formula is C15H12ClFN2O. The summed E-state index contributed by atoms with van der Waals surface area (Å²) in [5.74, 6) is 0.397. The number of hydrogen-bond acceptors (Lipinski definition) is 3. The Morgan fingerprint density at radius 2 is 2.15 bits per heavy atom. The van der Waals surface area contributed by atoms with Crippen LogP contribution >= 0.6 is 11.6 Å². The highest BCUT2D eigenvalue weighted by molar-refractivity contribution is 6.31. The lowest BCUT2D eigenvalue weighted by Gasteiger charge is -2.14. The van der Waals surface area contributed by atoms with Gasteiger partial charge in [0.05, 0.1) is 11.1 Å². The number of pyridine rings is 1. The Morgan fingerprint density at radius 3 is 2.90 bits per heavy atom. The van der Waals surface area contributed by atoms with E-state index in [1.807, 2.05) is 19.2 Å². The third-order valence-electron chi connectivity index (χ3n) is 3.19. The number of rotatable bonds is 3. The normalized spacial score (nSPS) is 12.8. The molecule has 0 amide bonds. The minimum atomic E-state index is -0.284. The van der Waals surface area contributed by atoms with Crippen molar-refractivity contribution in [2.45, 2.75) is 6.04 Å². The van der Waals surface area contributed by atoms with Crippen LogP contribution in [0.25, 0.3) is 11.0 Å². The minimum Gasteiger partial charge on any atom is -0.459 e. The second kappa shape index (κ2) is 5.23. The number of aromatic nitrogens is 1. The van der Waals surface area contributed by atoms with Gasteiger partial charge in [-0.2, -0.15) is 0 Å². The molecule has 2 heterocycles. The van der Waals surface area contributed by atoms with Gasteiger partial charge in [-0.05, 0) is 42.9 Å². The number of halogens is 2. The topological polar surface area (TPSA) is 38.1 Å². The summed E-state index contributed by atoms with van der Waals surface area (Å²) in [6.07, 6.45) is 3.26. The van der Waals surface area contributed by atoms with E-state index >= 15 is 0 Å². The molecule has 0 radical (unpaired) electrons. The van der Waals surface area contributed by atoms with E-state index < -0.39 is 0 Å². The van der Waals surface area contributed by atoms with Crippen molar-refractivity contribution in [3.05, 3.63) is 64.9 Å². The monoisotopic (exact) mass is 290 g/mol. The standard InChI is InChI=1S/C15H12ClFN2O/c1-18-15(11-4-5-19-8-12(11)16)14-7-9-6-10(17)2-3-13(9)20-14/h2-8,15,18H,1H3. The summed E-state index contributed by atoms with van der Waals surface area (Å²) in [5, 5.41) is 4.43. The van der Waals surface area contributed by atoms with E-state index in [1.54, 1.807) is 18.5 Å². The zero-order valence-corrected chi connectivity index (χ0v) is 11.5. The first-order valence-corrected chi connectivity index (χ1v) is 6.52. The molecule has 0 aliphatic heterocycles. The second-order valence-corrected chi connectivity index (χ2v) is 4.86. The molecule has 1 N–H and O–H groups in total. The fourth-order valence-corrected chi connectivity index (χ4v) is 2.48. The number of hydrogen-bond donors (Lipinski definition) is 1. The molecule has 102 valence electrons. The van der Waals surface area contributed by atoms with Gasteiger partial charge in [0.15, 0.2) is 0 Å². The summed E-state index contributed by atoms with van der Waals surface area (Å²) in [6, 6.07) is 7.89. The zero-order chi connectivity index (χ0) is 14.1. The van der Waals surface area contributed by atoms with Crippen LogP contribution in [0, 0.1) is 5.82 Å². The minimum absolute atomic E-state index is 0.207. The Bertz CT molecular complexity index is 756. The van der Waals surface area contributed by atoms with Crippen LogP contribution < -0.4 is 5.32 Å². The Kier molecular flexibility index (Phi) is 3.42. The van der Waals surface area contributed by atoms with Gasteiger partial charge >= 0.3 is 0 Å². The van der Waals surface area contributed by atoms with E-state index in [4.69, 9.17) is 16.0 Å². The van der Waals surface area contributed by atoms with Crippen LogP contribution in [0.4, 0.5) is 4.39 Å². The lowest BCUT2D eigenvalue weighted by Crippen LogP contribution is -2.17. The summed E-state index contributed by atoms with van der Waals surface area (Å²) in [6.45, 7) is 0. The maximum atomic E-state index is 13.2. The molecule has 0 fully saturated rings. The second-order valence-electron chi connectivity index (χ2n) is 4.45. The quantitative estimate of drug-likeness (QED) is 0.794. The molecule has 0 saturated heterocycles. The van der Waals surface area contributed by atoms with Crippen LogP contribution in [0.1, 0.15) is 17.4 Å². The van der Waals surface area contributed by atoms with Gasteiger partial charge in [-0.25, -0.2) is 4.39 Å². The van der Waals surface area contributed by atoms with Gasteiger partial charge in [0.1, 0.15) is 17.2 Å². The number of nitrogens with zero attached hydrogens (tertiary/aromatic N) is 1. The number of nitrogens with one attached hydrogen (secondary N) is 1. The molecule has 3 nitrogen and oxygen atoms in total. The first kappa shape index (κ1) is 13.1. The fraction of sp³-hybridized carbons (Fsp3) is 0.133. The van der Waals surface area contributed by atoms with Crippen molar-refractivity contribution >= 4 is 22.6 Å². The molecule has 5 heteroatoms. The first-order chi connectivity index (χ1) is 9.69. The number of fused-ring (bicyclic) bond motifs is 1. The molecule has 0 bridgehead atoms. The maximum Gasteiger partial charge on any atom is 0.134 e. The van der Waals surface area contributed by atoms with Crippen LogP contribution in [-0.2, 0) is 0 Å². The van der Waals surface area contributed by atoms with E-state index in [9.17, 15) is 4.39 Å². The molecule has 0 saturated carbocycles. The molecule has 0 spiro atoms. The highest BCUT2D eigenvalue weighted by Gasteiger charge is 2.19. The highest BCUT2D eigenvalue weighted by atomic mass is 35.5. The van der Waals surface area contributed by atoms with E-state index in [2.05, 4.69) is 10.3 Å². The van der Waals surface area contributed by atoms with E-state index in [0.717, 1.165) is 10.9 Å². The molecule has 20 heavy (non-hydrogen) atoms. The van der Waals surface area contributed by atoms with Crippen LogP contribution in [0.3, 0.4) is 0 Å².